The summed E-state index contributed by atoms with van der Waals surface area (Å²) in [6, 6.07) is 93.3. The number of anilines is 2. The van der Waals surface area contributed by atoms with Gasteiger partial charge in [-0.25, -0.2) is 4.98 Å². The molecule has 0 spiro atoms. The molecule has 117 heavy (non-hydrogen) atoms. The van der Waals surface area contributed by atoms with Gasteiger partial charge in [0.25, 0.3) is 23.6 Å². The molecule has 0 unspecified atom stereocenters. The molecular weight excluding hydrogens is 1700 g/mol. The van der Waals surface area contributed by atoms with E-state index in [4.69, 9.17) is 35.0 Å². The Balaban J connectivity index is 0.000000161. The molecule has 2 fully saturated rings. The molecular formula is C94H94BrCl2N9O8P2Pd. The van der Waals surface area contributed by atoms with Crippen molar-refractivity contribution in [2.24, 2.45) is 10.2 Å². The number of aromatic nitrogens is 3. The third-order valence-electron chi connectivity index (χ3n) is 19.6. The molecule has 0 radical (unpaired) electrons. The van der Waals surface area contributed by atoms with E-state index in [-0.39, 0.29) is 59.9 Å². The Kier molecular flexibility index (Phi) is 34.7. The Hall–Kier alpha value is -10.2. The summed E-state index contributed by atoms with van der Waals surface area (Å²) in [7, 11) is 12.0. The number of aliphatic hydroxyl groups is 2. The first-order valence-electron chi connectivity index (χ1n) is 38.2. The van der Waals surface area contributed by atoms with Crippen LogP contribution in [0.25, 0.3) is 0 Å². The van der Waals surface area contributed by atoms with Gasteiger partial charge in [-0.05, 0) is 147 Å². The van der Waals surface area contributed by atoms with Crippen LogP contribution in [0.2, 0.25) is 0 Å². The van der Waals surface area contributed by atoms with E-state index in [9.17, 15) is 29.4 Å². The molecule has 5 aliphatic rings. The third kappa shape index (κ3) is 26.1. The second kappa shape index (κ2) is 45.5. The van der Waals surface area contributed by atoms with Crippen LogP contribution in [0, 0.1) is 24.2 Å². The second-order valence-electron chi connectivity index (χ2n) is 27.9. The van der Waals surface area contributed by atoms with Crippen molar-refractivity contribution in [2.45, 2.75) is 114 Å². The largest absolute Gasteiger partial charge is 0.0622 e. The number of carbonyl (C=O) groups is 4. The number of amides is 4. The maximum atomic E-state index is 13.2. The Labute approximate surface area is 713 Å². The number of hydrogen-bond acceptors (Lipinski definition) is 12. The maximum Gasteiger partial charge on any atom is -0.0134 e. The van der Waals surface area contributed by atoms with Crippen molar-refractivity contribution in [3.05, 3.63) is 312 Å². The predicted molar refractivity (Wildman–Crippen MR) is 477 cm³/mol. The van der Waals surface area contributed by atoms with Crippen molar-refractivity contribution in [1.82, 2.24) is 25.8 Å². The third-order valence-corrected chi connectivity index (χ3v) is 25.0. The van der Waals surface area contributed by atoms with Gasteiger partial charge >= 0.3 is 35.0 Å². The fourth-order valence-electron chi connectivity index (χ4n) is 13.5. The van der Waals surface area contributed by atoms with E-state index in [1.807, 2.05) is 72.8 Å². The van der Waals surface area contributed by atoms with E-state index in [0.29, 0.717) is 66.4 Å². The van der Waals surface area contributed by atoms with E-state index in [0.717, 1.165) is 66.3 Å². The van der Waals surface area contributed by atoms with Gasteiger partial charge in [-0.2, -0.15) is 5.10 Å². The number of ether oxygens (including phenoxy) is 2. The van der Waals surface area contributed by atoms with E-state index in [1.165, 1.54) is 48.0 Å². The average Bonchev–Trinajstić information content (AvgIpc) is 1.81. The van der Waals surface area contributed by atoms with Crippen molar-refractivity contribution >= 4 is 129 Å². The zero-order chi connectivity index (χ0) is 81.5. The zero-order valence-electron chi connectivity index (χ0n) is 64.3. The predicted octanol–water partition coefficient (Wildman–Crippen LogP) is 15.5. The average molecular weight is 1800 g/mol. The van der Waals surface area contributed by atoms with Crippen LogP contribution in [-0.2, 0) is 43.2 Å². The molecule has 2 aliphatic carbocycles. The van der Waals surface area contributed by atoms with Gasteiger partial charge in [0.05, 0.1) is 17.1 Å². The monoisotopic (exact) mass is 1790 g/mol. The molecule has 11 aromatic rings. The van der Waals surface area contributed by atoms with Gasteiger partial charge < -0.3 is 40.1 Å². The second-order valence-corrected chi connectivity index (χ2v) is 35.6. The first-order valence-corrected chi connectivity index (χ1v) is 45.6. The number of benzene rings is 10. The van der Waals surface area contributed by atoms with Crippen LogP contribution >= 0.6 is 50.8 Å². The number of halogens is 3. The summed E-state index contributed by atoms with van der Waals surface area (Å²) in [6.45, 7) is 0.0164. The summed E-state index contributed by atoms with van der Waals surface area (Å²) >= 11 is 3.29. The molecule has 16 rings (SSSR count). The number of H-pyrrole nitrogens is 1. The standard InChI is InChI=1S/C29H30N4O4.C20H18BrN5O3.2C18H15P.C8H12O.CH4.2ClH.Pd/c1-33-25-17-21(12-15-29(36)13-6-3-7-14-29)10-11-26(25)37-19-24(28(33)35)30-27(34)23-18-22(31-32-23)16-20-8-4-2-5-9-20;1-26-15-10-13(21)7-8-16(15)29-11-14(20(26)28)22-19(27)18-23-17(24-25-18)9-12-5-3-2-4-6-12;2*1-4-10-16(11-5-1)19(17-12-6-2-7-13-17)18-14-8-3-9-15-18;1-2-8(9)6-4-3-5-7-8;;;;/h2,4-5,8-11,17,24,36H,3,6-7,13-14,16,18-19H2,1H3,(H,30,34);2-8,10,14H,9,11H2,1H3,(H,22,27)(H,23,24,25);2*1-15H;1,9H,3-7H2;1H4;2*1H;/q;;;;;;;;+2/p-2/t24-;14-;;;;;;;/m00......./s1. The van der Waals surface area contributed by atoms with E-state index >= 15 is 0 Å². The number of fused-ring (bicyclic) bond motifs is 2. The fourth-order valence-corrected chi connectivity index (χ4v) is 18.5. The number of likely N-dealkylation sites (N-methyl/N-ethyl adjacent to an activating group) is 2. The van der Waals surface area contributed by atoms with Crippen LogP contribution in [0.5, 0.6) is 11.5 Å². The first kappa shape index (κ1) is 89.1. The van der Waals surface area contributed by atoms with E-state index < -0.39 is 50.9 Å². The van der Waals surface area contributed by atoms with Gasteiger partial charge in [-0.1, -0.05) is 297 Å². The van der Waals surface area contributed by atoms with Crippen molar-refractivity contribution in [3.8, 4) is 35.7 Å². The van der Waals surface area contributed by atoms with Gasteiger partial charge in [-0.15, -0.1) is 16.6 Å². The topological polar surface area (TPSA) is 224 Å². The van der Waals surface area contributed by atoms with E-state index in [1.54, 1.807) is 38.4 Å². The summed E-state index contributed by atoms with van der Waals surface area (Å²) in [6.07, 6.45) is 16.0. The summed E-state index contributed by atoms with van der Waals surface area (Å²) in [5.41, 5.74) is 3.41. The van der Waals surface area contributed by atoms with Gasteiger partial charge in [0, 0.05) is 43.4 Å². The van der Waals surface area contributed by atoms with Crippen LogP contribution in [0.4, 0.5) is 11.4 Å². The number of rotatable bonds is 14. The van der Waals surface area contributed by atoms with Gasteiger partial charge in [0.2, 0.25) is 5.82 Å². The minimum absolute atomic E-state index is 0. The van der Waals surface area contributed by atoms with Gasteiger partial charge in [-0.3, -0.25) is 24.3 Å². The minimum Gasteiger partial charge on any atom is -0.0622 e. The number of nitrogens with zero attached hydrogens (tertiary/aromatic N) is 6. The minimum atomic E-state index is -0.952. The molecule has 604 valence electrons. The quantitative estimate of drug-likeness (QED) is 0.0393. The van der Waals surface area contributed by atoms with E-state index in [2.05, 4.69) is 252 Å². The molecule has 4 heterocycles. The van der Waals surface area contributed by atoms with Crippen LogP contribution < -0.4 is 61.7 Å². The fraction of sp³-hybridized carbons (Fsp3) is 0.234. The van der Waals surface area contributed by atoms with Crippen molar-refractivity contribution in [3.63, 3.8) is 0 Å². The number of aromatic amines is 1. The summed E-state index contributed by atoms with van der Waals surface area (Å²) in [4.78, 5) is 58.7. The Morgan fingerprint density at radius 2 is 0.915 bits per heavy atom. The molecule has 1 aromatic heterocycles. The van der Waals surface area contributed by atoms with Crippen molar-refractivity contribution in [1.29, 1.82) is 0 Å². The molecule has 3 aliphatic heterocycles. The molecule has 23 heteroatoms. The molecule has 5 N–H and O–H groups in total. The Morgan fingerprint density at radius 1 is 0.538 bits per heavy atom. The number of hydrogen-bond donors (Lipinski definition) is 5. The Morgan fingerprint density at radius 3 is 1.32 bits per heavy atom. The maximum absolute atomic E-state index is 13.2. The van der Waals surface area contributed by atoms with Gasteiger partial charge in [0.1, 0.15) is 59.5 Å². The van der Waals surface area contributed by atoms with Crippen molar-refractivity contribution < 1.29 is 54.8 Å². The SMILES string of the molecule is C.C#CC1(O)CCCCC1.CN1C(=O)[C@@H](NC(=O)C2=NN=C(Cc3ccccc3)C2)COc2ccc(C#CC3(O)CCCCC3)cc21.CN1C(=O)[C@@H](NC(=O)c2n[nH]c(Cc3ccccc3)n2)COc2ccc(Br)cc21.[Cl][Pd][Cl].c1ccc(P(c2ccccc2)c2ccccc2)cc1.c1ccc(P(c2ccccc2)c2ccccc2)cc1. The zero-order valence-corrected chi connectivity index (χ0v) is 70.7. The Bertz CT molecular complexity index is 4880. The first-order chi connectivity index (χ1) is 56.5. The number of carbonyl (C=O) groups excluding carboxylic acids is 4. The smallest absolute Gasteiger partial charge is 0.0134 e. The summed E-state index contributed by atoms with van der Waals surface area (Å²) in [5.74, 6) is 8.64. The van der Waals surface area contributed by atoms with Gasteiger partial charge in [0.15, 0.2) is 0 Å². The molecule has 10 aromatic carbocycles. The van der Waals surface area contributed by atoms with Crippen LogP contribution in [0.15, 0.2) is 294 Å². The van der Waals surface area contributed by atoms with Crippen molar-refractivity contribution in [2.75, 3.05) is 37.1 Å². The molecule has 0 saturated heterocycles. The molecule has 17 nitrogen and oxygen atoms in total. The molecule has 4 amide bonds. The molecule has 0 bridgehead atoms. The summed E-state index contributed by atoms with van der Waals surface area (Å²) < 4.78 is 12.5. The number of nitrogens with one attached hydrogen (secondary N) is 3. The molecule has 2 saturated carbocycles. The summed E-state index contributed by atoms with van der Waals surface area (Å²) in [5, 5.41) is 48.9. The molecule has 2 atom stereocenters. The van der Waals surface area contributed by atoms with Crippen LogP contribution in [0.3, 0.4) is 0 Å². The normalized spacial score (nSPS) is 16.0. The van der Waals surface area contributed by atoms with Crippen LogP contribution in [-0.4, -0.2) is 111 Å². The van der Waals surface area contributed by atoms with Crippen LogP contribution in [0.1, 0.15) is 111 Å². The number of terminal acetylenes is 1.